The van der Waals surface area contributed by atoms with Crippen LogP contribution in [0.25, 0.3) is 0 Å². The number of rotatable bonds is 6. The van der Waals surface area contributed by atoms with Crippen LogP contribution in [0.4, 0.5) is 5.82 Å². The van der Waals surface area contributed by atoms with Gasteiger partial charge in [-0.1, -0.05) is 46.9 Å². The van der Waals surface area contributed by atoms with Crippen LogP contribution in [-0.2, 0) is 6.42 Å². The number of hydrogen-bond donors (Lipinski definition) is 1. The Morgan fingerprint density at radius 3 is 2.31 bits per heavy atom. The minimum Gasteiger partial charge on any atom is -0.457 e. The number of halogens is 3. The molecule has 0 bridgehead atoms. The van der Waals surface area contributed by atoms with Gasteiger partial charge in [-0.25, -0.2) is 4.98 Å². The van der Waals surface area contributed by atoms with E-state index in [0.717, 1.165) is 30.2 Å². The molecule has 0 unspecified atom stereocenters. The first kappa shape index (κ1) is 18.9. The fraction of sp³-hybridized carbons (Fsp3) is 0.158. The Balaban J connectivity index is 1.56. The Labute approximate surface area is 167 Å². The molecule has 0 spiro atoms. The molecule has 0 saturated carbocycles. The third kappa shape index (κ3) is 5.08. The lowest BCUT2D eigenvalue weighted by molar-refractivity contribution is -0.574. The first-order valence-corrected chi connectivity index (χ1v) is 9.18. The van der Waals surface area contributed by atoms with E-state index in [1.165, 1.54) is 11.9 Å². The highest BCUT2D eigenvalue weighted by Crippen LogP contribution is 2.28. The molecule has 1 heterocycles. The van der Waals surface area contributed by atoms with Gasteiger partial charge >= 0.3 is 0 Å². The zero-order chi connectivity index (χ0) is 18.5. The number of nitrogens with two attached hydrogens (primary N) is 1. The molecule has 0 aliphatic heterocycles. The second kappa shape index (κ2) is 8.69. The summed E-state index contributed by atoms with van der Waals surface area (Å²) in [6, 6.07) is 13.0. The second-order valence-corrected chi connectivity index (χ2v) is 7.00. The molecule has 2 N–H and O–H groups in total. The summed E-state index contributed by atoms with van der Waals surface area (Å²) in [6.07, 6.45) is 2.41. The van der Waals surface area contributed by atoms with Crippen LogP contribution >= 0.6 is 34.8 Å². The number of quaternary nitrogens is 1. The van der Waals surface area contributed by atoms with Gasteiger partial charge in [-0.15, -0.1) is 0 Å². The monoisotopic (exact) mass is 408 g/mol. The van der Waals surface area contributed by atoms with Gasteiger partial charge < -0.3 is 4.74 Å². The Kier molecular flexibility index (Phi) is 6.33. The van der Waals surface area contributed by atoms with E-state index >= 15 is 0 Å². The summed E-state index contributed by atoms with van der Waals surface area (Å²) in [5.41, 5.74) is 1.98. The van der Waals surface area contributed by atoms with Crippen LogP contribution in [0.1, 0.15) is 11.3 Å². The van der Waals surface area contributed by atoms with E-state index in [-0.39, 0.29) is 0 Å². The predicted octanol–water partition coefficient (Wildman–Crippen LogP) is 4.98. The maximum absolute atomic E-state index is 6.20. The summed E-state index contributed by atoms with van der Waals surface area (Å²) in [7, 11) is 0. The van der Waals surface area contributed by atoms with Crippen LogP contribution in [0, 0.1) is 6.92 Å². The van der Waals surface area contributed by atoms with Gasteiger partial charge in [0.2, 0.25) is 5.82 Å². The minimum atomic E-state index is 0.540. The summed E-state index contributed by atoms with van der Waals surface area (Å²) in [5.74, 6) is 2.11. The second-order valence-electron chi connectivity index (χ2n) is 5.75. The molecule has 0 fully saturated rings. The lowest BCUT2D eigenvalue weighted by atomic mass is 10.1. The van der Waals surface area contributed by atoms with Crippen molar-refractivity contribution in [3.05, 3.63) is 75.1 Å². The quantitative estimate of drug-likeness (QED) is 0.625. The number of aryl methyl sites for hydroxylation is 1. The van der Waals surface area contributed by atoms with E-state index in [4.69, 9.17) is 39.5 Å². The van der Waals surface area contributed by atoms with Crippen LogP contribution in [0.2, 0.25) is 15.1 Å². The summed E-state index contributed by atoms with van der Waals surface area (Å²) in [5, 5.41) is 3.71. The van der Waals surface area contributed by atoms with Crippen molar-refractivity contribution in [2.75, 3.05) is 6.54 Å². The summed E-state index contributed by atoms with van der Waals surface area (Å²) in [4.78, 5) is 8.27. The number of aromatic nitrogens is 2. The van der Waals surface area contributed by atoms with Crippen LogP contribution < -0.4 is 10.1 Å². The predicted molar refractivity (Wildman–Crippen MR) is 105 cm³/mol. The molecule has 3 rings (SSSR count). The Bertz CT molecular complexity index is 881. The number of nitrogens with zero attached hydrogens (tertiary/aromatic N) is 2. The van der Waals surface area contributed by atoms with Crippen LogP contribution in [0.5, 0.6) is 11.5 Å². The van der Waals surface area contributed by atoms with Crippen molar-refractivity contribution in [1.29, 1.82) is 0 Å². The number of benzene rings is 2. The van der Waals surface area contributed by atoms with Gasteiger partial charge in [-0.2, -0.15) is 4.98 Å². The van der Waals surface area contributed by atoms with Crippen LogP contribution in [0.3, 0.4) is 0 Å². The van der Waals surface area contributed by atoms with Crippen molar-refractivity contribution in [3.63, 3.8) is 0 Å². The van der Waals surface area contributed by atoms with Crippen molar-refractivity contribution in [1.82, 2.24) is 9.97 Å². The van der Waals surface area contributed by atoms with E-state index in [9.17, 15) is 0 Å². The van der Waals surface area contributed by atoms with Crippen LogP contribution in [-0.4, -0.2) is 16.5 Å². The van der Waals surface area contributed by atoms with E-state index in [1.54, 1.807) is 18.2 Å². The summed E-state index contributed by atoms with van der Waals surface area (Å²) >= 11 is 18.2. The van der Waals surface area contributed by atoms with Crippen molar-refractivity contribution >= 4 is 40.6 Å². The van der Waals surface area contributed by atoms with Crippen molar-refractivity contribution in [2.24, 2.45) is 0 Å². The van der Waals surface area contributed by atoms with E-state index < -0.39 is 0 Å². The Morgan fingerprint density at radius 1 is 0.923 bits per heavy atom. The molecular formula is C19H17Cl3N3O+. The van der Waals surface area contributed by atoms with Gasteiger partial charge in [0.05, 0.1) is 12.2 Å². The zero-order valence-corrected chi connectivity index (χ0v) is 16.3. The fourth-order valence-electron chi connectivity index (χ4n) is 2.44. The molecule has 134 valence electrons. The highest BCUT2D eigenvalue weighted by molar-refractivity contribution is 6.34. The average Bonchev–Trinajstić information content (AvgIpc) is 2.59. The molecule has 0 radical (unpaired) electrons. The van der Waals surface area contributed by atoms with Gasteiger partial charge in [-0.3, -0.25) is 5.32 Å². The van der Waals surface area contributed by atoms with Gasteiger partial charge in [0.25, 0.3) is 0 Å². The van der Waals surface area contributed by atoms with Gasteiger partial charge in [0, 0.05) is 16.5 Å². The average molecular weight is 410 g/mol. The van der Waals surface area contributed by atoms with Crippen molar-refractivity contribution in [3.8, 4) is 11.5 Å². The minimum absolute atomic E-state index is 0.540. The third-order valence-corrected chi connectivity index (χ3v) is 4.66. The lowest BCUT2D eigenvalue weighted by Gasteiger charge is -2.08. The first-order chi connectivity index (χ1) is 12.5. The van der Waals surface area contributed by atoms with E-state index in [1.807, 2.05) is 36.5 Å². The number of hydrogen-bond acceptors (Lipinski definition) is 3. The molecule has 0 aliphatic rings. The summed E-state index contributed by atoms with van der Waals surface area (Å²) in [6.45, 7) is 2.70. The molecule has 0 amide bonds. The normalized spacial score (nSPS) is 10.8. The molecule has 2 aromatic carbocycles. The number of ether oxygens (including phenoxy) is 1. The molecule has 0 saturated heterocycles. The van der Waals surface area contributed by atoms with Crippen LogP contribution in [0.15, 0.2) is 48.8 Å². The SMILES string of the molecule is Cc1ncnc([NH2+]CCc2ccc(Oc3cc(Cl)cc(Cl)c3)cc2)c1Cl. The molecule has 1 aromatic heterocycles. The molecule has 3 aromatic rings. The van der Waals surface area contributed by atoms with Gasteiger partial charge in [0.1, 0.15) is 22.8 Å². The highest BCUT2D eigenvalue weighted by atomic mass is 35.5. The topological polar surface area (TPSA) is 51.6 Å². The zero-order valence-electron chi connectivity index (χ0n) is 14.0. The lowest BCUT2D eigenvalue weighted by Crippen LogP contribution is -2.79. The smallest absolute Gasteiger partial charge is 0.246 e. The Morgan fingerprint density at radius 2 is 1.62 bits per heavy atom. The largest absolute Gasteiger partial charge is 0.457 e. The van der Waals surface area contributed by atoms with E-state index in [2.05, 4.69) is 9.97 Å². The van der Waals surface area contributed by atoms with Gasteiger partial charge in [0.15, 0.2) is 0 Å². The summed E-state index contributed by atoms with van der Waals surface area (Å²) < 4.78 is 5.79. The van der Waals surface area contributed by atoms with E-state index in [0.29, 0.717) is 20.8 Å². The molecule has 7 heteroatoms. The van der Waals surface area contributed by atoms with Gasteiger partial charge in [-0.05, 0) is 42.8 Å². The fourth-order valence-corrected chi connectivity index (χ4v) is 3.12. The molecule has 4 nitrogen and oxygen atoms in total. The van der Waals surface area contributed by atoms with Crippen molar-refractivity contribution in [2.45, 2.75) is 13.3 Å². The Hall–Kier alpha value is -1.85. The maximum atomic E-state index is 6.20. The molecule has 0 atom stereocenters. The molecular weight excluding hydrogens is 393 g/mol. The molecule has 26 heavy (non-hydrogen) atoms. The highest BCUT2D eigenvalue weighted by Gasteiger charge is 2.09. The molecule has 0 aliphatic carbocycles. The first-order valence-electron chi connectivity index (χ1n) is 8.04. The standard InChI is InChI=1S/C19H16Cl3N3O/c1-12-18(22)19(25-11-24-12)23-7-6-13-2-4-16(5-3-13)26-17-9-14(20)8-15(21)10-17/h2-5,8-11H,6-7H2,1H3,(H,23,24,25)/p+1. The third-order valence-electron chi connectivity index (χ3n) is 3.76. The van der Waals surface area contributed by atoms with Crippen molar-refractivity contribution < 1.29 is 10.1 Å². The maximum Gasteiger partial charge on any atom is 0.246 e.